The molecule has 184 valence electrons. The molecule has 0 saturated heterocycles. The predicted molar refractivity (Wildman–Crippen MR) is 124 cm³/mol. The zero-order valence-corrected chi connectivity index (χ0v) is 19.1. The van der Waals surface area contributed by atoms with E-state index in [-0.39, 0.29) is 30.9 Å². The van der Waals surface area contributed by atoms with Gasteiger partial charge < -0.3 is 14.6 Å². The minimum atomic E-state index is -4.50. The monoisotopic (exact) mass is 493 g/mol. The Kier molecular flexibility index (Phi) is 6.09. The van der Waals surface area contributed by atoms with Crippen molar-refractivity contribution in [2.45, 2.75) is 43.9 Å². The summed E-state index contributed by atoms with van der Waals surface area (Å²) in [4.78, 5) is 11.1. The smallest absolute Gasteiger partial charge is 0.416 e. The van der Waals surface area contributed by atoms with Gasteiger partial charge in [0.2, 0.25) is 0 Å². The van der Waals surface area contributed by atoms with Gasteiger partial charge in [0.15, 0.2) is 0 Å². The Morgan fingerprint density at radius 1 is 1.14 bits per heavy atom. The van der Waals surface area contributed by atoms with Crippen LogP contribution in [-0.4, -0.2) is 17.7 Å². The van der Waals surface area contributed by atoms with Crippen LogP contribution in [0.25, 0.3) is 0 Å². The standard InChI is InChI=1S/C28H22F3NO4/c29-28(30,31)24-8-6-22-21(23(24)11-16-2-1-3-17(10-16)14-32)7-9-25(22)36-19-4-5-20-18(12-27(33)34)15-35-26(20)13-19/h1-6,8,10,13,18,25H,7,9,11-12,15H2,(H,33,34)/t18-,25-/m1/s1. The van der Waals surface area contributed by atoms with Crippen molar-refractivity contribution in [1.29, 1.82) is 5.26 Å². The maximum absolute atomic E-state index is 13.9. The second-order valence-electron chi connectivity index (χ2n) is 9.10. The van der Waals surface area contributed by atoms with E-state index in [0.717, 1.165) is 17.2 Å². The predicted octanol–water partition coefficient (Wildman–Crippen LogP) is 6.18. The van der Waals surface area contributed by atoms with Crippen LogP contribution in [0.1, 0.15) is 63.8 Å². The number of carboxylic acid groups (broad SMARTS) is 1. The molecule has 3 aromatic carbocycles. The molecule has 0 radical (unpaired) electrons. The maximum atomic E-state index is 13.9. The molecular formula is C28H22F3NO4. The van der Waals surface area contributed by atoms with Gasteiger partial charge in [-0.1, -0.05) is 24.3 Å². The number of carbonyl (C=O) groups is 1. The molecule has 1 aliphatic heterocycles. The van der Waals surface area contributed by atoms with Crippen LogP contribution in [0.5, 0.6) is 11.5 Å². The second-order valence-corrected chi connectivity index (χ2v) is 9.10. The largest absolute Gasteiger partial charge is 0.492 e. The molecule has 1 N–H and O–H groups in total. The average molecular weight is 493 g/mol. The lowest BCUT2D eigenvalue weighted by atomic mass is 9.91. The first kappa shape index (κ1) is 23.7. The topological polar surface area (TPSA) is 79.5 Å². The fourth-order valence-corrected chi connectivity index (χ4v) is 5.16. The first-order chi connectivity index (χ1) is 17.2. The zero-order valence-electron chi connectivity index (χ0n) is 19.1. The number of carboxylic acids is 1. The van der Waals surface area contributed by atoms with Gasteiger partial charge in [0, 0.05) is 17.5 Å². The third kappa shape index (κ3) is 4.61. The first-order valence-corrected chi connectivity index (χ1v) is 11.6. The van der Waals surface area contributed by atoms with Crippen molar-refractivity contribution in [3.63, 3.8) is 0 Å². The molecule has 0 amide bonds. The van der Waals surface area contributed by atoms with Crippen LogP contribution < -0.4 is 9.47 Å². The molecule has 2 atom stereocenters. The van der Waals surface area contributed by atoms with Crippen molar-refractivity contribution in [1.82, 2.24) is 0 Å². The average Bonchev–Trinajstić information content (AvgIpc) is 3.42. The minimum Gasteiger partial charge on any atom is -0.492 e. The Hall–Kier alpha value is -3.99. The van der Waals surface area contributed by atoms with Gasteiger partial charge in [0.25, 0.3) is 0 Å². The summed E-state index contributed by atoms with van der Waals surface area (Å²) >= 11 is 0. The van der Waals surface area contributed by atoms with E-state index in [2.05, 4.69) is 0 Å². The van der Waals surface area contributed by atoms with E-state index in [9.17, 15) is 23.2 Å². The molecule has 5 rings (SSSR count). The van der Waals surface area contributed by atoms with Crippen LogP contribution in [0.3, 0.4) is 0 Å². The Bertz CT molecular complexity index is 1380. The first-order valence-electron chi connectivity index (χ1n) is 11.6. The van der Waals surface area contributed by atoms with Gasteiger partial charge in [-0.3, -0.25) is 4.79 Å². The van der Waals surface area contributed by atoms with Gasteiger partial charge in [0.1, 0.15) is 17.6 Å². The molecule has 0 saturated carbocycles. The lowest BCUT2D eigenvalue weighted by Gasteiger charge is -2.20. The number of alkyl halides is 3. The Balaban J connectivity index is 1.44. The van der Waals surface area contributed by atoms with Crippen LogP contribution in [0.4, 0.5) is 13.2 Å². The molecule has 0 aromatic heterocycles. The highest BCUT2D eigenvalue weighted by Gasteiger charge is 2.37. The third-order valence-electron chi connectivity index (χ3n) is 6.78. The Morgan fingerprint density at radius 2 is 1.94 bits per heavy atom. The summed E-state index contributed by atoms with van der Waals surface area (Å²) in [6.07, 6.45) is -3.90. The normalized spacial score (nSPS) is 18.2. The molecule has 0 fully saturated rings. The molecular weight excluding hydrogens is 471 g/mol. The molecule has 0 bridgehead atoms. The summed E-state index contributed by atoms with van der Waals surface area (Å²) in [6.45, 7) is 0.286. The molecule has 8 heteroatoms. The van der Waals surface area contributed by atoms with E-state index in [4.69, 9.17) is 14.6 Å². The van der Waals surface area contributed by atoms with Gasteiger partial charge >= 0.3 is 12.1 Å². The minimum absolute atomic E-state index is 0.0230. The number of hydrogen-bond donors (Lipinski definition) is 1. The van der Waals surface area contributed by atoms with Crippen LogP contribution in [0.15, 0.2) is 54.6 Å². The summed E-state index contributed by atoms with van der Waals surface area (Å²) in [5.41, 5.74) is 2.77. The molecule has 0 spiro atoms. The molecule has 0 unspecified atom stereocenters. The fourth-order valence-electron chi connectivity index (χ4n) is 5.16. The van der Waals surface area contributed by atoms with Crippen LogP contribution >= 0.6 is 0 Å². The highest BCUT2D eigenvalue weighted by Crippen LogP contribution is 2.44. The van der Waals surface area contributed by atoms with Crippen molar-refractivity contribution >= 4 is 5.97 Å². The lowest BCUT2D eigenvalue weighted by molar-refractivity contribution is -0.138. The maximum Gasteiger partial charge on any atom is 0.416 e. The van der Waals surface area contributed by atoms with Crippen molar-refractivity contribution in [3.8, 4) is 17.6 Å². The number of rotatable bonds is 6. The lowest BCUT2D eigenvalue weighted by Crippen LogP contribution is -2.13. The van der Waals surface area contributed by atoms with E-state index >= 15 is 0 Å². The van der Waals surface area contributed by atoms with Gasteiger partial charge in [-0.2, -0.15) is 18.4 Å². The summed E-state index contributed by atoms with van der Waals surface area (Å²) in [7, 11) is 0. The number of aliphatic carboxylic acids is 1. The number of nitriles is 1. The number of hydrogen-bond acceptors (Lipinski definition) is 4. The fraction of sp³-hybridized carbons (Fsp3) is 0.286. The van der Waals surface area contributed by atoms with Crippen LogP contribution in [-0.2, 0) is 23.8 Å². The molecule has 2 aliphatic rings. The van der Waals surface area contributed by atoms with Gasteiger partial charge in [-0.15, -0.1) is 0 Å². The van der Waals surface area contributed by atoms with E-state index in [1.807, 2.05) is 6.07 Å². The molecule has 1 heterocycles. The van der Waals surface area contributed by atoms with Gasteiger partial charge in [-0.25, -0.2) is 0 Å². The SMILES string of the molecule is N#Cc1cccc(Cc2c(C(F)(F)F)ccc3c2CC[C@H]3Oc2ccc3c(c2)OC[C@H]3CC(=O)O)c1. The van der Waals surface area contributed by atoms with Crippen LogP contribution in [0.2, 0.25) is 0 Å². The highest BCUT2D eigenvalue weighted by atomic mass is 19.4. The second kappa shape index (κ2) is 9.23. The Labute approximate surface area is 205 Å². The molecule has 3 aromatic rings. The van der Waals surface area contributed by atoms with E-state index in [0.29, 0.717) is 41.0 Å². The number of nitrogens with zero attached hydrogens (tertiary/aromatic N) is 1. The highest BCUT2D eigenvalue weighted by molar-refractivity contribution is 5.68. The third-order valence-corrected chi connectivity index (χ3v) is 6.78. The van der Waals surface area contributed by atoms with Gasteiger partial charge in [-0.05, 0) is 65.8 Å². The number of halogens is 3. The Morgan fingerprint density at radius 3 is 2.69 bits per heavy atom. The summed E-state index contributed by atoms with van der Waals surface area (Å²) in [5.74, 6) is -0.0254. The molecule has 36 heavy (non-hydrogen) atoms. The molecule has 5 nitrogen and oxygen atoms in total. The van der Waals surface area contributed by atoms with E-state index < -0.39 is 23.8 Å². The number of benzene rings is 3. The summed E-state index contributed by atoms with van der Waals surface area (Å²) < 4.78 is 53.6. The van der Waals surface area contributed by atoms with Crippen molar-refractivity contribution in [3.05, 3.63) is 93.5 Å². The molecule has 1 aliphatic carbocycles. The number of ether oxygens (including phenoxy) is 2. The quantitative estimate of drug-likeness (QED) is 0.443. The van der Waals surface area contributed by atoms with Crippen molar-refractivity contribution in [2.75, 3.05) is 6.61 Å². The van der Waals surface area contributed by atoms with Crippen LogP contribution in [0, 0.1) is 11.3 Å². The zero-order chi connectivity index (χ0) is 25.4. The number of fused-ring (bicyclic) bond motifs is 2. The van der Waals surface area contributed by atoms with E-state index in [1.54, 1.807) is 42.5 Å². The summed E-state index contributed by atoms with van der Waals surface area (Å²) in [6, 6.07) is 16.5. The van der Waals surface area contributed by atoms with Crippen molar-refractivity contribution < 1.29 is 32.5 Å². The van der Waals surface area contributed by atoms with Gasteiger partial charge in [0.05, 0.1) is 30.2 Å². The van der Waals surface area contributed by atoms with E-state index in [1.165, 1.54) is 6.07 Å². The summed E-state index contributed by atoms with van der Waals surface area (Å²) in [5, 5.41) is 18.3. The van der Waals surface area contributed by atoms with Crippen molar-refractivity contribution in [2.24, 2.45) is 0 Å².